The summed E-state index contributed by atoms with van der Waals surface area (Å²) in [5.74, 6) is 0.399. The molecule has 1 N–H and O–H groups in total. The molecule has 142 valence electrons. The number of rotatable bonds is 6. The maximum absolute atomic E-state index is 12.3. The molecule has 1 amide bonds. The molecule has 2 aromatic rings. The molecular formula is C20H20ClNO5. The minimum absolute atomic E-state index is 0.328. The summed E-state index contributed by atoms with van der Waals surface area (Å²) in [5, 5.41) is 3.32. The van der Waals surface area contributed by atoms with Crippen molar-refractivity contribution in [2.75, 3.05) is 7.11 Å². The molecular weight excluding hydrogens is 370 g/mol. The number of hydrogen-bond donors (Lipinski definition) is 1. The highest BCUT2D eigenvalue weighted by molar-refractivity contribution is 6.30. The number of nitrogens with one attached hydrogen (secondary N) is 1. The van der Waals surface area contributed by atoms with Gasteiger partial charge in [0.15, 0.2) is 12.2 Å². The minimum Gasteiger partial charge on any atom is -0.497 e. The lowest BCUT2D eigenvalue weighted by Crippen LogP contribution is -2.39. The highest BCUT2D eigenvalue weighted by Gasteiger charge is 2.32. The Hall–Kier alpha value is -2.73. The molecule has 1 heterocycles. The molecule has 2 unspecified atom stereocenters. The molecule has 2 aromatic carbocycles. The van der Waals surface area contributed by atoms with Crippen molar-refractivity contribution in [2.45, 2.75) is 32.1 Å². The Morgan fingerprint density at radius 3 is 2.70 bits per heavy atom. The zero-order chi connectivity index (χ0) is 19.4. The minimum atomic E-state index is -0.924. The van der Waals surface area contributed by atoms with Crippen molar-refractivity contribution >= 4 is 23.5 Å². The molecule has 0 spiro atoms. The maximum Gasteiger partial charge on any atom is 0.348 e. The van der Waals surface area contributed by atoms with E-state index in [1.807, 2.05) is 24.3 Å². The van der Waals surface area contributed by atoms with E-state index < -0.39 is 18.2 Å². The Labute approximate surface area is 162 Å². The summed E-state index contributed by atoms with van der Waals surface area (Å²) >= 11 is 5.95. The third-order valence-electron chi connectivity index (χ3n) is 4.25. The van der Waals surface area contributed by atoms with Gasteiger partial charge in [0.2, 0.25) is 0 Å². The Balaban J connectivity index is 1.48. The average molecular weight is 390 g/mol. The Morgan fingerprint density at radius 1 is 1.26 bits per heavy atom. The molecule has 0 radical (unpaired) electrons. The number of halogens is 1. The van der Waals surface area contributed by atoms with Crippen LogP contribution in [0.3, 0.4) is 0 Å². The predicted molar refractivity (Wildman–Crippen MR) is 100.0 cm³/mol. The Kier molecular flexibility index (Phi) is 5.86. The lowest BCUT2D eigenvalue weighted by Gasteiger charge is -2.16. The number of amides is 1. The number of hydrogen-bond acceptors (Lipinski definition) is 5. The van der Waals surface area contributed by atoms with E-state index in [-0.39, 0.29) is 5.91 Å². The van der Waals surface area contributed by atoms with Crippen molar-refractivity contribution in [3.05, 3.63) is 58.6 Å². The number of carbonyl (C=O) groups excluding carboxylic acids is 2. The van der Waals surface area contributed by atoms with Gasteiger partial charge in [0.05, 0.1) is 7.11 Å². The summed E-state index contributed by atoms with van der Waals surface area (Å²) < 4.78 is 15.9. The van der Waals surface area contributed by atoms with Gasteiger partial charge in [-0.3, -0.25) is 4.79 Å². The van der Waals surface area contributed by atoms with E-state index in [1.54, 1.807) is 25.3 Å². The topological polar surface area (TPSA) is 73.9 Å². The van der Waals surface area contributed by atoms with Crippen LogP contribution in [0, 0.1) is 0 Å². The normalized spacial score (nSPS) is 16.0. The molecule has 1 aliphatic rings. The third kappa shape index (κ3) is 4.71. The molecule has 0 fully saturated rings. The van der Waals surface area contributed by atoms with Crippen molar-refractivity contribution in [3.63, 3.8) is 0 Å². The fraction of sp³-hybridized carbons (Fsp3) is 0.300. The van der Waals surface area contributed by atoms with Gasteiger partial charge in [0, 0.05) is 18.0 Å². The van der Waals surface area contributed by atoms with Gasteiger partial charge < -0.3 is 19.5 Å². The van der Waals surface area contributed by atoms with E-state index in [0.717, 1.165) is 16.9 Å². The summed E-state index contributed by atoms with van der Waals surface area (Å²) in [4.78, 5) is 24.5. The summed E-state index contributed by atoms with van der Waals surface area (Å²) in [6.07, 6.45) is -1.32. The molecule has 3 rings (SSSR count). The number of carbonyl (C=O) groups is 2. The molecule has 0 bridgehead atoms. The number of methoxy groups -OCH3 is 1. The van der Waals surface area contributed by atoms with Crippen molar-refractivity contribution in [3.8, 4) is 11.5 Å². The SMILES string of the molecule is COc1ccc(CNC(=O)C(C)OC(=O)C2Cc3cc(Cl)ccc3O2)cc1. The first-order valence-corrected chi connectivity index (χ1v) is 8.90. The molecule has 6 nitrogen and oxygen atoms in total. The summed E-state index contributed by atoms with van der Waals surface area (Å²) in [5.41, 5.74) is 1.76. The number of esters is 1. The van der Waals surface area contributed by atoms with Gasteiger partial charge >= 0.3 is 5.97 Å². The van der Waals surface area contributed by atoms with E-state index in [9.17, 15) is 9.59 Å². The van der Waals surface area contributed by atoms with E-state index >= 15 is 0 Å². The van der Waals surface area contributed by atoms with Crippen LogP contribution in [0.25, 0.3) is 0 Å². The fourth-order valence-electron chi connectivity index (χ4n) is 2.73. The standard InChI is InChI=1S/C20H20ClNO5/c1-12(19(23)22-11-13-3-6-16(25-2)7-4-13)26-20(24)18-10-14-9-15(21)5-8-17(14)27-18/h3-9,12,18H,10-11H2,1-2H3,(H,22,23). The highest BCUT2D eigenvalue weighted by Crippen LogP contribution is 2.31. The van der Waals surface area contributed by atoms with Crippen LogP contribution < -0.4 is 14.8 Å². The van der Waals surface area contributed by atoms with E-state index in [2.05, 4.69) is 5.32 Å². The van der Waals surface area contributed by atoms with E-state index in [0.29, 0.717) is 23.7 Å². The number of ether oxygens (including phenoxy) is 3. The lowest BCUT2D eigenvalue weighted by molar-refractivity contribution is -0.160. The second-order valence-electron chi connectivity index (χ2n) is 6.21. The van der Waals surface area contributed by atoms with Crippen LogP contribution in [-0.2, 0) is 27.3 Å². The van der Waals surface area contributed by atoms with Gasteiger partial charge in [0.25, 0.3) is 5.91 Å². The molecule has 0 saturated carbocycles. The fourth-order valence-corrected chi connectivity index (χ4v) is 2.92. The van der Waals surface area contributed by atoms with E-state index in [1.165, 1.54) is 6.92 Å². The van der Waals surface area contributed by atoms with Gasteiger partial charge in [-0.2, -0.15) is 0 Å². The van der Waals surface area contributed by atoms with Gasteiger partial charge in [-0.25, -0.2) is 4.79 Å². The second kappa shape index (κ2) is 8.31. The first-order chi connectivity index (χ1) is 13.0. The molecule has 27 heavy (non-hydrogen) atoms. The summed E-state index contributed by atoms with van der Waals surface area (Å²) in [7, 11) is 1.59. The van der Waals surface area contributed by atoms with Gasteiger partial charge in [-0.05, 0) is 48.4 Å². The zero-order valence-corrected chi connectivity index (χ0v) is 15.8. The zero-order valence-electron chi connectivity index (χ0n) is 15.0. The van der Waals surface area contributed by atoms with Crippen LogP contribution in [-0.4, -0.2) is 31.2 Å². The second-order valence-corrected chi connectivity index (χ2v) is 6.64. The Bertz CT molecular complexity index is 837. The van der Waals surface area contributed by atoms with Crippen molar-refractivity contribution in [1.29, 1.82) is 0 Å². The summed E-state index contributed by atoms with van der Waals surface area (Å²) in [6, 6.07) is 12.5. The molecule has 2 atom stereocenters. The van der Waals surface area contributed by atoms with Crippen molar-refractivity contribution < 1.29 is 23.8 Å². The maximum atomic E-state index is 12.3. The summed E-state index contributed by atoms with van der Waals surface area (Å²) in [6.45, 7) is 1.86. The smallest absolute Gasteiger partial charge is 0.348 e. The predicted octanol–water partition coefficient (Wildman–Crippen LogP) is 2.90. The van der Waals surface area contributed by atoms with Crippen LogP contribution in [0.2, 0.25) is 5.02 Å². The van der Waals surface area contributed by atoms with Gasteiger partial charge in [-0.1, -0.05) is 23.7 Å². The molecule has 0 saturated heterocycles. The highest BCUT2D eigenvalue weighted by atomic mass is 35.5. The van der Waals surface area contributed by atoms with Crippen LogP contribution in [0.5, 0.6) is 11.5 Å². The van der Waals surface area contributed by atoms with Gasteiger partial charge in [-0.15, -0.1) is 0 Å². The third-order valence-corrected chi connectivity index (χ3v) is 4.48. The van der Waals surface area contributed by atoms with Crippen LogP contribution >= 0.6 is 11.6 Å². The molecule has 7 heteroatoms. The van der Waals surface area contributed by atoms with Crippen molar-refractivity contribution in [2.24, 2.45) is 0 Å². The average Bonchev–Trinajstić information content (AvgIpc) is 3.09. The first-order valence-electron chi connectivity index (χ1n) is 8.52. The first kappa shape index (κ1) is 19.0. The quantitative estimate of drug-likeness (QED) is 0.769. The number of fused-ring (bicyclic) bond motifs is 1. The molecule has 0 aliphatic carbocycles. The monoisotopic (exact) mass is 389 g/mol. The number of benzene rings is 2. The lowest BCUT2D eigenvalue weighted by atomic mass is 10.1. The Morgan fingerprint density at radius 2 is 2.00 bits per heavy atom. The van der Waals surface area contributed by atoms with Crippen LogP contribution in [0.4, 0.5) is 0 Å². The van der Waals surface area contributed by atoms with E-state index in [4.69, 9.17) is 25.8 Å². The molecule has 1 aliphatic heterocycles. The van der Waals surface area contributed by atoms with Crippen LogP contribution in [0.1, 0.15) is 18.1 Å². The van der Waals surface area contributed by atoms with Gasteiger partial charge in [0.1, 0.15) is 11.5 Å². The molecule has 0 aromatic heterocycles. The van der Waals surface area contributed by atoms with Crippen molar-refractivity contribution in [1.82, 2.24) is 5.32 Å². The largest absolute Gasteiger partial charge is 0.497 e. The van der Waals surface area contributed by atoms with Crippen LogP contribution in [0.15, 0.2) is 42.5 Å².